The number of nitrogens with zero attached hydrogens (tertiary/aromatic N) is 2. The van der Waals surface area contributed by atoms with Crippen LogP contribution in [-0.2, 0) is 17.7 Å². The van der Waals surface area contributed by atoms with Gasteiger partial charge in [0.25, 0.3) is 0 Å². The van der Waals surface area contributed by atoms with Crippen molar-refractivity contribution in [3.63, 3.8) is 0 Å². The fourth-order valence-corrected chi connectivity index (χ4v) is 1.43. The van der Waals surface area contributed by atoms with Gasteiger partial charge in [0.1, 0.15) is 5.82 Å². The Bertz CT molecular complexity index is 276. The molecule has 2 heterocycles. The van der Waals surface area contributed by atoms with Crippen molar-refractivity contribution < 1.29 is 4.74 Å². The third-order valence-electron chi connectivity index (χ3n) is 2.10. The van der Waals surface area contributed by atoms with Crippen LogP contribution >= 0.6 is 0 Å². The summed E-state index contributed by atoms with van der Waals surface area (Å²) in [5, 5.41) is 0. The fraction of sp³-hybridized carbons (Fsp3) is 0.667. The van der Waals surface area contributed by atoms with Gasteiger partial charge in [-0.3, -0.25) is 0 Å². The largest absolute Gasteiger partial charge is 0.371 e. The third kappa shape index (κ3) is 1.50. The normalized spacial score (nSPS) is 21.3. The maximum atomic E-state index is 5.17. The molecule has 0 amide bonds. The van der Waals surface area contributed by atoms with Gasteiger partial charge < -0.3 is 9.30 Å². The molecule has 2 rings (SSSR count). The lowest BCUT2D eigenvalue weighted by Gasteiger charge is -2.01. The van der Waals surface area contributed by atoms with Crippen LogP contribution in [-0.4, -0.2) is 22.3 Å². The van der Waals surface area contributed by atoms with Crippen molar-refractivity contribution in [3.05, 3.63) is 17.7 Å². The molecular weight excluding hydrogens is 152 g/mol. The molecule has 12 heavy (non-hydrogen) atoms. The maximum absolute atomic E-state index is 5.17. The highest BCUT2D eigenvalue weighted by molar-refractivity contribution is 5.02. The van der Waals surface area contributed by atoms with Gasteiger partial charge in [0.15, 0.2) is 0 Å². The second-order valence-electron chi connectivity index (χ2n) is 3.26. The van der Waals surface area contributed by atoms with Crippen LogP contribution in [0.4, 0.5) is 0 Å². The lowest BCUT2D eigenvalue weighted by molar-refractivity contribution is 0.380. The summed E-state index contributed by atoms with van der Waals surface area (Å²) < 4.78 is 7.37. The molecule has 3 nitrogen and oxygen atoms in total. The summed E-state index contributed by atoms with van der Waals surface area (Å²) in [6, 6.07) is 0. The van der Waals surface area contributed by atoms with Crippen LogP contribution in [0.2, 0.25) is 0 Å². The Morgan fingerprint density at radius 3 is 3.08 bits per heavy atom. The van der Waals surface area contributed by atoms with Gasteiger partial charge in [0.05, 0.1) is 24.9 Å². The minimum Gasteiger partial charge on any atom is -0.371 e. The minimum absolute atomic E-state index is 0.448. The standard InChI is InChI=1S/C9H14N2O/c1-3-9-10-7(2)4-11(9)5-8-6-12-8/h4,8H,3,5-6H2,1-2H3/t8-/m1/s1. The Morgan fingerprint density at radius 2 is 2.50 bits per heavy atom. The van der Waals surface area contributed by atoms with Crippen LogP contribution in [0.3, 0.4) is 0 Å². The number of hydrogen-bond donors (Lipinski definition) is 0. The number of imidazole rings is 1. The molecule has 1 saturated heterocycles. The van der Waals surface area contributed by atoms with Gasteiger partial charge in [0, 0.05) is 12.6 Å². The predicted octanol–water partition coefficient (Wildman–Crippen LogP) is 1.15. The number of hydrogen-bond acceptors (Lipinski definition) is 2. The highest BCUT2D eigenvalue weighted by Gasteiger charge is 2.23. The van der Waals surface area contributed by atoms with Crippen molar-refractivity contribution in [1.29, 1.82) is 0 Å². The van der Waals surface area contributed by atoms with Crippen LogP contribution in [0.5, 0.6) is 0 Å². The average Bonchev–Trinajstić information content (AvgIpc) is 2.76. The zero-order valence-corrected chi connectivity index (χ0v) is 7.58. The molecule has 0 saturated carbocycles. The molecule has 0 aromatic carbocycles. The second-order valence-corrected chi connectivity index (χ2v) is 3.26. The maximum Gasteiger partial charge on any atom is 0.108 e. The monoisotopic (exact) mass is 166 g/mol. The Hall–Kier alpha value is -0.830. The van der Waals surface area contributed by atoms with Gasteiger partial charge in [-0.25, -0.2) is 4.98 Å². The Kier molecular flexibility index (Phi) is 1.89. The molecular formula is C9H14N2O. The molecule has 0 aliphatic carbocycles. The first-order valence-electron chi connectivity index (χ1n) is 4.44. The van der Waals surface area contributed by atoms with Gasteiger partial charge in [-0.2, -0.15) is 0 Å². The van der Waals surface area contributed by atoms with E-state index in [1.54, 1.807) is 0 Å². The first kappa shape index (κ1) is 7.80. The number of aromatic nitrogens is 2. The number of ether oxygens (including phenoxy) is 1. The van der Waals surface area contributed by atoms with Crippen molar-refractivity contribution in [1.82, 2.24) is 9.55 Å². The van der Waals surface area contributed by atoms with Gasteiger partial charge in [0.2, 0.25) is 0 Å². The SMILES string of the molecule is CCc1nc(C)cn1C[C@@H]1CO1. The molecule has 3 heteroatoms. The van der Waals surface area contributed by atoms with E-state index in [-0.39, 0.29) is 0 Å². The number of rotatable bonds is 3. The lowest BCUT2D eigenvalue weighted by Crippen LogP contribution is -2.06. The van der Waals surface area contributed by atoms with Gasteiger partial charge in [-0.05, 0) is 6.92 Å². The predicted molar refractivity (Wildman–Crippen MR) is 46.1 cm³/mol. The molecule has 0 bridgehead atoms. The molecule has 1 aromatic heterocycles. The van der Waals surface area contributed by atoms with E-state index >= 15 is 0 Å². The molecule has 0 N–H and O–H groups in total. The topological polar surface area (TPSA) is 30.4 Å². The summed E-state index contributed by atoms with van der Waals surface area (Å²) >= 11 is 0. The van der Waals surface area contributed by atoms with E-state index < -0.39 is 0 Å². The van der Waals surface area contributed by atoms with E-state index in [9.17, 15) is 0 Å². The van der Waals surface area contributed by atoms with E-state index in [0.717, 1.165) is 25.3 Å². The Morgan fingerprint density at radius 1 is 1.75 bits per heavy atom. The van der Waals surface area contributed by atoms with Crippen molar-refractivity contribution >= 4 is 0 Å². The fourth-order valence-electron chi connectivity index (χ4n) is 1.43. The molecule has 1 atom stereocenters. The van der Waals surface area contributed by atoms with E-state index in [4.69, 9.17) is 4.74 Å². The summed E-state index contributed by atoms with van der Waals surface area (Å²) in [5.41, 5.74) is 1.10. The summed E-state index contributed by atoms with van der Waals surface area (Å²) in [6.07, 6.45) is 3.55. The van der Waals surface area contributed by atoms with Crippen LogP contribution in [0.25, 0.3) is 0 Å². The minimum atomic E-state index is 0.448. The van der Waals surface area contributed by atoms with Gasteiger partial charge >= 0.3 is 0 Å². The van der Waals surface area contributed by atoms with Crippen LogP contribution in [0.1, 0.15) is 18.4 Å². The Labute approximate surface area is 72.4 Å². The zero-order valence-electron chi connectivity index (χ0n) is 7.58. The third-order valence-corrected chi connectivity index (χ3v) is 2.10. The molecule has 1 aliphatic heterocycles. The molecule has 1 aliphatic rings. The average molecular weight is 166 g/mol. The van der Waals surface area contributed by atoms with E-state index in [1.807, 2.05) is 6.92 Å². The molecule has 1 fully saturated rings. The summed E-state index contributed by atoms with van der Waals surface area (Å²) in [7, 11) is 0. The van der Waals surface area contributed by atoms with Crippen molar-refractivity contribution in [3.8, 4) is 0 Å². The molecule has 0 unspecified atom stereocenters. The van der Waals surface area contributed by atoms with Crippen LogP contribution in [0, 0.1) is 6.92 Å². The number of aryl methyl sites for hydroxylation is 2. The van der Waals surface area contributed by atoms with Crippen LogP contribution in [0.15, 0.2) is 6.20 Å². The second kappa shape index (κ2) is 2.90. The highest BCUT2D eigenvalue weighted by atomic mass is 16.6. The van der Waals surface area contributed by atoms with Gasteiger partial charge in [-0.1, -0.05) is 6.92 Å². The lowest BCUT2D eigenvalue weighted by atomic mass is 10.4. The van der Waals surface area contributed by atoms with E-state index in [0.29, 0.717) is 6.10 Å². The van der Waals surface area contributed by atoms with E-state index in [1.165, 1.54) is 5.82 Å². The first-order valence-corrected chi connectivity index (χ1v) is 4.44. The smallest absolute Gasteiger partial charge is 0.108 e. The summed E-state index contributed by atoms with van der Waals surface area (Å²) in [6.45, 7) is 6.06. The molecule has 66 valence electrons. The van der Waals surface area contributed by atoms with E-state index in [2.05, 4.69) is 22.7 Å². The summed E-state index contributed by atoms with van der Waals surface area (Å²) in [4.78, 5) is 4.42. The van der Waals surface area contributed by atoms with Crippen molar-refractivity contribution in [2.24, 2.45) is 0 Å². The van der Waals surface area contributed by atoms with Crippen molar-refractivity contribution in [2.75, 3.05) is 6.61 Å². The quantitative estimate of drug-likeness (QED) is 0.631. The molecule has 1 aromatic rings. The highest BCUT2D eigenvalue weighted by Crippen LogP contribution is 2.14. The van der Waals surface area contributed by atoms with Gasteiger partial charge in [-0.15, -0.1) is 0 Å². The number of epoxide rings is 1. The first-order chi connectivity index (χ1) is 5.79. The Balaban J connectivity index is 2.15. The molecule has 0 spiro atoms. The van der Waals surface area contributed by atoms with Crippen LogP contribution < -0.4 is 0 Å². The zero-order chi connectivity index (χ0) is 8.55. The summed E-state index contributed by atoms with van der Waals surface area (Å²) in [5.74, 6) is 1.17. The van der Waals surface area contributed by atoms with Crippen molar-refractivity contribution in [2.45, 2.75) is 32.9 Å². The molecule has 0 radical (unpaired) electrons.